The lowest BCUT2D eigenvalue weighted by atomic mass is 9.92. The molecule has 0 radical (unpaired) electrons. The molecular formula is C16H20N2OS2. The van der Waals surface area contributed by atoms with Crippen molar-refractivity contribution in [3.8, 4) is 0 Å². The second-order valence-corrected chi connectivity index (χ2v) is 7.65. The molecule has 1 saturated carbocycles. The maximum absolute atomic E-state index is 10.1. The first-order valence-corrected chi connectivity index (χ1v) is 9.07. The maximum atomic E-state index is 10.1. The van der Waals surface area contributed by atoms with Crippen LogP contribution in [-0.2, 0) is 5.54 Å². The first kappa shape index (κ1) is 15.0. The van der Waals surface area contributed by atoms with Gasteiger partial charge in [0.25, 0.3) is 0 Å². The van der Waals surface area contributed by atoms with E-state index in [1.165, 1.54) is 12.8 Å². The first-order valence-electron chi connectivity index (χ1n) is 7.21. The van der Waals surface area contributed by atoms with Gasteiger partial charge in [0, 0.05) is 22.9 Å². The van der Waals surface area contributed by atoms with E-state index in [1.54, 1.807) is 23.1 Å². The fourth-order valence-electron chi connectivity index (χ4n) is 2.35. The summed E-state index contributed by atoms with van der Waals surface area (Å²) in [6.45, 7) is 2.12. The molecule has 2 N–H and O–H groups in total. The number of hydrogen-bond donors (Lipinski definition) is 2. The molecule has 1 aliphatic carbocycles. The Morgan fingerprint density at radius 3 is 2.71 bits per heavy atom. The highest BCUT2D eigenvalue weighted by atomic mass is 32.2. The van der Waals surface area contributed by atoms with Crippen molar-refractivity contribution in [2.45, 2.75) is 35.7 Å². The summed E-state index contributed by atoms with van der Waals surface area (Å²) in [4.78, 5) is 4.51. The molecule has 1 aliphatic rings. The Hall–Kier alpha value is -0.880. The van der Waals surface area contributed by atoms with E-state index in [2.05, 4.69) is 27.8 Å². The average molecular weight is 320 g/mol. The molecule has 0 saturated heterocycles. The molecule has 1 heterocycles. The maximum Gasteiger partial charge on any atom is 0.150 e. The summed E-state index contributed by atoms with van der Waals surface area (Å²) in [6.07, 6.45) is 2.41. The highest BCUT2D eigenvalue weighted by Gasteiger charge is 2.37. The van der Waals surface area contributed by atoms with Gasteiger partial charge in [0.1, 0.15) is 4.34 Å². The van der Waals surface area contributed by atoms with Crippen molar-refractivity contribution in [2.75, 3.05) is 12.4 Å². The molecule has 21 heavy (non-hydrogen) atoms. The lowest BCUT2D eigenvalue weighted by Crippen LogP contribution is -2.49. The van der Waals surface area contributed by atoms with Crippen LogP contribution in [0.3, 0.4) is 0 Å². The van der Waals surface area contributed by atoms with Crippen LogP contribution in [0.1, 0.15) is 24.1 Å². The van der Waals surface area contributed by atoms with E-state index in [0.29, 0.717) is 6.04 Å². The minimum atomic E-state index is -0.382. The first-order chi connectivity index (χ1) is 10.2. The fraction of sp³-hybridized carbons (Fsp3) is 0.438. The Kier molecular flexibility index (Phi) is 4.64. The van der Waals surface area contributed by atoms with Crippen LogP contribution in [0.15, 0.2) is 40.1 Å². The van der Waals surface area contributed by atoms with Crippen LogP contribution >= 0.6 is 23.1 Å². The van der Waals surface area contributed by atoms with Gasteiger partial charge in [0.2, 0.25) is 0 Å². The third-order valence-electron chi connectivity index (χ3n) is 3.69. The molecule has 112 valence electrons. The number of benzene rings is 1. The average Bonchev–Trinajstić information content (AvgIpc) is 3.24. The molecule has 1 atom stereocenters. The summed E-state index contributed by atoms with van der Waals surface area (Å²) in [5, 5.41) is 15.8. The monoisotopic (exact) mass is 320 g/mol. The van der Waals surface area contributed by atoms with E-state index < -0.39 is 0 Å². The number of nitrogens with zero attached hydrogens (tertiary/aromatic N) is 1. The Morgan fingerprint density at radius 2 is 2.14 bits per heavy atom. The van der Waals surface area contributed by atoms with Gasteiger partial charge in [-0.2, -0.15) is 0 Å². The lowest BCUT2D eigenvalue weighted by molar-refractivity contribution is 0.177. The Labute approximate surface area is 133 Å². The minimum Gasteiger partial charge on any atom is -0.394 e. The Balaban J connectivity index is 1.80. The number of thiazole rings is 1. The van der Waals surface area contributed by atoms with Gasteiger partial charge in [0.05, 0.1) is 12.1 Å². The van der Waals surface area contributed by atoms with Crippen LogP contribution in [-0.4, -0.2) is 28.5 Å². The predicted molar refractivity (Wildman–Crippen MR) is 88.9 cm³/mol. The van der Waals surface area contributed by atoms with E-state index in [1.807, 2.05) is 25.1 Å². The van der Waals surface area contributed by atoms with E-state index in [0.717, 1.165) is 21.3 Å². The number of aliphatic hydroxyl groups is 1. The molecule has 3 rings (SSSR count). The van der Waals surface area contributed by atoms with Gasteiger partial charge in [-0.25, -0.2) is 4.98 Å². The third-order valence-corrected chi connectivity index (χ3v) is 6.06. The quantitative estimate of drug-likeness (QED) is 0.769. The number of nitrogens with one attached hydrogen (secondary N) is 1. The molecule has 1 unspecified atom stereocenters. The molecule has 0 aliphatic heterocycles. The molecule has 0 amide bonds. The zero-order valence-electron chi connectivity index (χ0n) is 12.1. The van der Waals surface area contributed by atoms with Gasteiger partial charge >= 0.3 is 0 Å². The SMILES string of the molecule is Cc1csc(SCC(CO)(NC2CC2)c2ccccc2)n1. The third kappa shape index (κ3) is 3.66. The zero-order valence-corrected chi connectivity index (χ0v) is 13.7. The van der Waals surface area contributed by atoms with Gasteiger partial charge in [-0.1, -0.05) is 42.1 Å². The summed E-state index contributed by atoms with van der Waals surface area (Å²) in [7, 11) is 0. The highest BCUT2D eigenvalue weighted by Crippen LogP contribution is 2.34. The van der Waals surface area contributed by atoms with Gasteiger partial charge < -0.3 is 10.4 Å². The number of aliphatic hydroxyl groups excluding tert-OH is 1. The van der Waals surface area contributed by atoms with Crippen LogP contribution in [0.2, 0.25) is 0 Å². The molecule has 1 fully saturated rings. The second-order valence-electron chi connectivity index (χ2n) is 5.57. The van der Waals surface area contributed by atoms with Gasteiger partial charge in [-0.15, -0.1) is 11.3 Å². The Bertz CT molecular complexity index is 583. The van der Waals surface area contributed by atoms with Gasteiger partial charge in [0.15, 0.2) is 0 Å². The molecule has 1 aromatic carbocycles. The minimum absolute atomic E-state index is 0.102. The summed E-state index contributed by atoms with van der Waals surface area (Å²) in [5.74, 6) is 0.789. The molecule has 0 spiro atoms. The van der Waals surface area contributed by atoms with Crippen molar-refractivity contribution in [2.24, 2.45) is 0 Å². The number of aryl methyl sites for hydroxylation is 1. The molecule has 5 heteroatoms. The van der Waals surface area contributed by atoms with E-state index in [-0.39, 0.29) is 12.1 Å². The predicted octanol–water partition coefficient (Wildman–Crippen LogP) is 3.18. The molecule has 0 bridgehead atoms. The number of thioether (sulfide) groups is 1. The standard InChI is InChI=1S/C16H20N2OS2/c1-12-9-20-15(17-12)21-11-16(10-19,18-14-7-8-14)13-5-3-2-4-6-13/h2-6,9,14,18-19H,7-8,10-11H2,1H3. The molecule has 3 nitrogen and oxygen atoms in total. The molecule has 2 aromatic rings. The van der Waals surface area contributed by atoms with Crippen molar-refractivity contribution >= 4 is 23.1 Å². The van der Waals surface area contributed by atoms with Crippen LogP contribution in [0.25, 0.3) is 0 Å². The second kappa shape index (κ2) is 6.48. The van der Waals surface area contributed by atoms with Crippen LogP contribution < -0.4 is 5.32 Å². The van der Waals surface area contributed by atoms with E-state index >= 15 is 0 Å². The molecular weight excluding hydrogens is 300 g/mol. The largest absolute Gasteiger partial charge is 0.394 e. The summed E-state index contributed by atoms with van der Waals surface area (Å²) < 4.78 is 1.07. The van der Waals surface area contributed by atoms with Gasteiger partial charge in [-0.3, -0.25) is 0 Å². The van der Waals surface area contributed by atoms with Crippen molar-refractivity contribution in [1.82, 2.24) is 10.3 Å². The molecule has 1 aromatic heterocycles. The normalized spacial score (nSPS) is 17.6. The van der Waals surface area contributed by atoms with Crippen molar-refractivity contribution in [1.29, 1.82) is 0 Å². The lowest BCUT2D eigenvalue weighted by Gasteiger charge is -2.33. The smallest absolute Gasteiger partial charge is 0.150 e. The zero-order chi connectivity index (χ0) is 14.7. The van der Waals surface area contributed by atoms with Crippen LogP contribution in [0.5, 0.6) is 0 Å². The highest BCUT2D eigenvalue weighted by molar-refractivity contribution is 8.01. The van der Waals surface area contributed by atoms with E-state index in [9.17, 15) is 5.11 Å². The van der Waals surface area contributed by atoms with Crippen LogP contribution in [0, 0.1) is 6.92 Å². The fourth-order valence-corrected chi connectivity index (χ4v) is 4.38. The van der Waals surface area contributed by atoms with E-state index in [4.69, 9.17) is 0 Å². The number of aromatic nitrogens is 1. The van der Waals surface area contributed by atoms with Crippen molar-refractivity contribution in [3.63, 3.8) is 0 Å². The summed E-state index contributed by atoms with van der Waals surface area (Å²) in [5.41, 5.74) is 1.83. The van der Waals surface area contributed by atoms with Gasteiger partial charge in [-0.05, 0) is 25.3 Å². The topological polar surface area (TPSA) is 45.1 Å². The number of rotatable bonds is 7. The summed E-state index contributed by atoms with van der Waals surface area (Å²) in [6, 6.07) is 10.8. The number of hydrogen-bond acceptors (Lipinski definition) is 5. The van der Waals surface area contributed by atoms with Crippen molar-refractivity contribution < 1.29 is 5.11 Å². The van der Waals surface area contributed by atoms with Crippen molar-refractivity contribution in [3.05, 3.63) is 47.0 Å². The van der Waals surface area contributed by atoms with Crippen LogP contribution in [0.4, 0.5) is 0 Å². The summed E-state index contributed by atoms with van der Waals surface area (Å²) >= 11 is 3.40. The Morgan fingerprint density at radius 1 is 1.38 bits per heavy atom.